The van der Waals surface area contributed by atoms with E-state index in [1.54, 1.807) is 0 Å². The summed E-state index contributed by atoms with van der Waals surface area (Å²) in [6, 6.07) is 1.60. The molecule has 0 N–H and O–H groups in total. The first-order valence-corrected chi connectivity index (χ1v) is 6.20. The fourth-order valence-electron chi connectivity index (χ4n) is 3.20. The number of piperidine rings is 1. The fraction of sp³-hybridized carbons (Fsp3) is 1.00. The zero-order chi connectivity index (χ0) is 10.1. The minimum atomic E-state index is 0.736. The van der Waals surface area contributed by atoms with Gasteiger partial charge in [-0.05, 0) is 45.7 Å². The Morgan fingerprint density at radius 2 is 2.07 bits per heavy atom. The predicted molar refractivity (Wildman–Crippen MR) is 60.5 cm³/mol. The highest BCUT2D eigenvalue weighted by atomic mass is 15.3. The van der Waals surface area contributed by atoms with Crippen molar-refractivity contribution < 1.29 is 0 Å². The number of likely N-dealkylation sites (tertiary alicyclic amines) is 2. The van der Waals surface area contributed by atoms with Gasteiger partial charge >= 0.3 is 0 Å². The van der Waals surface area contributed by atoms with Gasteiger partial charge in [-0.15, -0.1) is 0 Å². The lowest BCUT2D eigenvalue weighted by Crippen LogP contribution is -2.48. The third-order valence-electron chi connectivity index (χ3n) is 4.01. The Morgan fingerprint density at radius 3 is 2.71 bits per heavy atom. The molecule has 2 nitrogen and oxygen atoms in total. The number of rotatable bonds is 2. The highest BCUT2D eigenvalue weighted by molar-refractivity contribution is 4.94. The first-order valence-electron chi connectivity index (χ1n) is 6.20. The Morgan fingerprint density at radius 1 is 1.29 bits per heavy atom. The molecule has 2 aliphatic rings. The van der Waals surface area contributed by atoms with Crippen LogP contribution in [0.15, 0.2) is 0 Å². The van der Waals surface area contributed by atoms with Crippen LogP contribution in [0.4, 0.5) is 0 Å². The van der Waals surface area contributed by atoms with Crippen molar-refractivity contribution in [2.24, 2.45) is 5.92 Å². The second-order valence-corrected chi connectivity index (χ2v) is 5.15. The summed E-state index contributed by atoms with van der Waals surface area (Å²) >= 11 is 0. The lowest BCUT2D eigenvalue weighted by molar-refractivity contribution is 0.0913. The predicted octanol–water partition coefficient (Wildman–Crippen LogP) is 1.81. The van der Waals surface area contributed by atoms with Gasteiger partial charge in [0.2, 0.25) is 0 Å². The molecule has 2 fully saturated rings. The van der Waals surface area contributed by atoms with Crippen LogP contribution in [0.1, 0.15) is 33.6 Å². The maximum absolute atomic E-state index is 2.73. The van der Waals surface area contributed by atoms with Crippen LogP contribution in [0.5, 0.6) is 0 Å². The molecule has 2 rings (SSSR count). The number of nitrogens with zero attached hydrogens (tertiary/aromatic N) is 2. The van der Waals surface area contributed by atoms with Crippen LogP contribution in [0.3, 0.4) is 0 Å². The van der Waals surface area contributed by atoms with Gasteiger partial charge in [0.1, 0.15) is 0 Å². The smallest absolute Gasteiger partial charge is 0.0266 e. The summed E-state index contributed by atoms with van der Waals surface area (Å²) in [5.74, 6) is 0.964. The maximum Gasteiger partial charge on any atom is 0.0266 e. The number of likely N-dealkylation sites (N-methyl/N-ethyl adjacent to an activating group) is 1. The molecule has 0 aromatic heterocycles. The Labute approximate surface area is 88.3 Å². The first-order chi connectivity index (χ1) is 6.72. The molecule has 0 amide bonds. The molecule has 0 aromatic rings. The third kappa shape index (κ3) is 1.82. The summed E-state index contributed by atoms with van der Waals surface area (Å²) in [5.41, 5.74) is 0. The molecule has 0 saturated carbocycles. The van der Waals surface area contributed by atoms with Crippen molar-refractivity contribution >= 4 is 0 Å². The lowest BCUT2D eigenvalue weighted by atomic mass is 9.91. The zero-order valence-electron chi connectivity index (χ0n) is 9.87. The van der Waals surface area contributed by atoms with Gasteiger partial charge in [0, 0.05) is 25.2 Å². The summed E-state index contributed by atoms with van der Waals surface area (Å²) < 4.78 is 0. The van der Waals surface area contributed by atoms with E-state index in [-0.39, 0.29) is 0 Å². The number of fused-ring (bicyclic) bond motifs is 1. The van der Waals surface area contributed by atoms with Crippen LogP contribution in [-0.2, 0) is 0 Å². The van der Waals surface area contributed by atoms with E-state index in [9.17, 15) is 0 Å². The average Bonchev–Trinajstić information content (AvgIpc) is 2.59. The van der Waals surface area contributed by atoms with E-state index in [1.807, 2.05) is 0 Å². The van der Waals surface area contributed by atoms with Crippen molar-refractivity contribution in [2.75, 3.05) is 26.2 Å². The molecular weight excluding hydrogens is 172 g/mol. The van der Waals surface area contributed by atoms with Crippen LogP contribution in [0.2, 0.25) is 0 Å². The fourth-order valence-corrected chi connectivity index (χ4v) is 3.20. The van der Waals surface area contributed by atoms with E-state index in [0.717, 1.165) is 18.0 Å². The molecule has 2 saturated heterocycles. The minimum Gasteiger partial charge on any atom is -0.302 e. The molecule has 14 heavy (non-hydrogen) atoms. The molecule has 0 aliphatic carbocycles. The van der Waals surface area contributed by atoms with Gasteiger partial charge in [-0.1, -0.05) is 6.92 Å². The van der Waals surface area contributed by atoms with E-state index in [0.29, 0.717) is 0 Å². The van der Waals surface area contributed by atoms with Crippen LogP contribution in [0, 0.1) is 5.92 Å². The largest absolute Gasteiger partial charge is 0.302 e. The topological polar surface area (TPSA) is 6.48 Å². The summed E-state index contributed by atoms with van der Waals surface area (Å²) in [5, 5.41) is 0. The third-order valence-corrected chi connectivity index (χ3v) is 4.01. The van der Waals surface area contributed by atoms with Gasteiger partial charge in [-0.25, -0.2) is 0 Å². The Bertz CT molecular complexity index is 191. The van der Waals surface area contributed by atoms with E-state index < -0.39 is 0 Å². The highest BCUT2D eigenvalue weighted by Crippen LogP contribution is 2.31. The van der Waals surface area contributed by atoms with Gasteiger partial charge in [0.25, 0.3) is 0 Å². The normalized spacial score (nSPS) is 35.1. The lowest BCUT2D eigenvalue weighted by Gasteiger charge is -2.39. The van der Waals surface area contributed by atoms with Gasteiger partial charge < -0.3 is 4.90 Å². The summed E-state index contributed by atoms with van der Waals surface area (Å²) in [4.78, 5) is 5.35. The Balaban J connectivity index is 2.02. The quantitative estimate of drug-likeness (QED) is 0.664. The van der Waals surface area contributed by atoms with Gasteiger partial charge in [-0.2, -0.15) is 0 Å². The Kier molecular flexibility index (Phi) is 3.13. The van der Waals surface area contributed by atoms with E-state index in [1.165, 1.54) is 39.0 Å². The van der Waals surface area contributed by atoms with Crippen molar-refractivity contribution in [3.63, 3.8) is 0 Å². The maximum atomic E-state index is 2.73. The molecule has 82 valence electrons. The monoisotopic (exact) mass is 196 g/mol. The van der Waals surface area contributed by atoms with Crippen LogP contribution in [-0.4, -0.2) is 48.1 Å². The minimum absolute atomic E-state index is 0.736. The van der Waals surface area contributed by atoms with Crippen LogP contribution >= 0.6 is 0 Å². The van der Waals surface area contributed by atoms with Crippen molar-refractivity contribution in [1.29, 1.82) is 0 Å². The van der Waals surface area contributed by atoms with E-state index >= 15 is 0 Å². The second-order valence-electron chi connectivity index (χ2n) is 5.15. The molecule has 0 aromatic carbocycles. The summed E-state index contributed by atoms with van der Waals surface area (Å²) in [6.07, 6.45) is 2.88. The molecule has 0 bridgehead atoms. The average molecular weight is 196 g/mol. The summed E-state index contributed by atoms with van der Waals surface area (Å²) in [6.45, 7) is 12.2. The van der Waals surface area contributed by atoms with Crippen LogP contribution in [0.25, 0.3) is 0 Å². The molecule has 0 spiro atoms. The van der Waals surface area contributed by atoms with Gasteiger partial charge in [0.05, 0.1) is 0 Å². The molecular formula is C12H24N2. The van der Waals surface area contributed by atoms with Crippen LogP contribution < -0.4 is 0 Å². The standard InChI is InChI=1S/C12H24N2/c1-4-13-8-11-6-5-7-14(10(2)3)12(11)9-13/h10-12H,4-9H2,1-3H3. The number of hydrogen-bond acceptors (Lipinski definition) is 2. The SMILES string of the molecule is CCN1CC2CCCN(C(C)C)C2C1. The van der Waals surface area contributed by atoms with Crippen molar-refractivity contribution in [2.45, 2.75) is 45.7 Å². The molecule has 2 aliphatic heterocycles. The Hall–Kier alpha value is -0.0800. The van der Waals surface area contributed by atoms with Gasteiger partial charge in [-0.3, -0.25) is 4.90 Å². The van der Waals surface area contributed by atoms with E-state index in [2.05, 4.69) is 30.6 Å². The second kappa shape index (κ2) is 4.19. The van der Waals surface area contributed by atoms with E-state index in [4.69, 9.17) is 0 Å². The molecule has 2 heterocycles. The molecule has 0 radical (unpaired) electrons. The van der Waals surface area contributed by atoms with Crippen molar-refractivity contribution in [3.05, 3.63) is 0 Å². The van der Waals surface area contributed by atoms with Crippen molar-refractivity contribution in [3.8, 4) is 0 Å². The number of hydrogen-bond donors (Lipinski definition) is 0. The molecule has 2 heteroatoms. The molecule has 2 unspecified atom stereocenters. The van der Waals surface area contributed by atoms with Crippen molar-refractivity contribution in [1.82, 2.24) is 9.80 Å². The molecule has 2 atom stereocenters. The summed E-state index contributed by atoms with van der Waals surface area (Å²) in [7, 11) is 0. The first kappa shape index (κ1) is 10.4. The highest BCUT2D eigenvalue weighted by Gasteiger charge is 2.38. The zero-order valence-corrected chi connectivity index (χ0v) is 9.87. The van der Waals surface area contributed by atoms with Gasteiger partial charge in [0.15, 0.2) is 0 Å².